The number of hydrogen-bond acceptors (Lipinski definition) is 4. The first-order valence-electron chi connectivity index (χ1n) is 5.41. The van der Waals surface area contributed by atoms with Crippen LogP contribution in [0.3, 0.4) is 0 Å². The van der Waals surface area contributed by atoms with Crippen molar-refractivity contribution >= 4 is 33.6 Å². The van der Waals surface area contributed by atoms with Crippen LogP contribution in [0.25, 0.3) is 0 Å². The minimum Gasteiger partial charge on any atom is -0.358 e. The molecule has 2 N–H and O–H groups in total. The number of nitrogens with one attached hydrogen (secondary N) is 2. The summed E-state index contributed by atoms with van der Waals surface area (Å²) in [7, 11) is 0. The number of piperidine rings is 1. The van der Waals surface area contributed by atoms with Gasteiger partial charge in [-0.15, -0.1) is 0 Å². The Morgan fingerprint density at radius 2 is 2.33 bits per heavy atom. The number of anilines is 1. The summed E-state index contributed by atoms with van der Waals surface area (Å²) < 4.78 is 13.0. The van der Waals surface area contributed by atoms with Gasteiger partial charge in [0.25, 0.3) is 0 Å². The highest BCUT2D eigenvalue weighted by molar-refractivity contribution is 9.08. The van der Waals surface area contributed by atoms with Crippen LogP contribution in [0.5, 0.6) is 0 Å². The molecule has 5 nitrogen and oxygen atoms in total. The lowest BCUT2D eigenvalue weighted by atomic mass is 10.1. The number of halogens is 2. The van der Waals surface area contributed by atoms with Gasteiger partial charge in [-0.05, 0) is 12.5 Å². The standard InChI is InChI=1S/C11H11BrFN3O2/c12-4-6-3-7(13)5-14-10(6)15-8-1-2-9(17)16-11(8)18/h3,5,8H,1-2,4H2,(H,14,15)(H,16,17,18). The number of carbonyl (C=O) groups is 2. The van der Waals surface area contributed by atoms with Gasteiger partial charge in [-0.25, -0.2) is 9.37 Å². The fourth-order valence-electron chi connectivity index (χ4n) is 1.71. The van der Waals surface area contributed by atoms with E-state index < -0.39 is 11.9 Å². The molecule has 1 aromatic heterocycles. The second-order valence-electron chi connectivity index (χ2n) is 3.94. The number of aromatic nitrogens is 1. The molecule has 0 radical (unpaired) electrons. The molecule has 1 aromatic rings. The average Bonchev–Trinajstić information content (AvgIpc) is 2.34. The number of alkyl halides is 1. The first kappa shape index (κ1) is 12.9. The molecular weight excluding hydrogens is 305 g/mol. The Balaban J connectivity index is 2.14. The van der Waals surface area contributed by atoms with E-state index in [0.29, 0.717) is 23.1 Å². The van der Waals surface area contributed by atoms with Crippen LogP contribution in [-0.4, -0.2) is 22.8 Å². The molecule has 2 amide bonds. The Bertz CT molecular complexity index is 495. The van der Waals surface area contributed by atoms with Crippen LogP contribution in [0.2, 0.25) is 0 Å². The fourth-order valence-corrected chi connectivity index (χ4v) is 2.14. The van der Waals surface area contributed by atoms with E-state index in [0.717, 1.165) is 6.20 Å². The normalized spacial score (nSPS) is 19.6. The predicted molar refractivity (Wildman–Crippen MR) is 66.6 cm³/mol. The van der Waals surface area contributed by atoms with Crippen molar-refractivity contribution in [3.05, 3.63) is 23.6 Å². The number of amides is 2. The predicted octanol–water partition coefficient (Wildman–Crippen LogP) is 1.33. The quantitative estimate of drug-likeness (QED) is 0.652. The maximum atomic E-state index is 13.0. The van der Waals surface area contributed by atoms with Gasteiger partial charge in [0.1, 0.15) is 17.7 Å². The third-order valence-corrected chi connectivity index (χ3v) is 3.23. The minimum absolute atomic E-state index is 0.272. The number of imide groups is 1. The molecule has 96 valence electrons. The lowest BCUT2D eigenvalue weighted by Gasteiger charge is -2.23. The number of nitrogens with zero attached hydrogens (tertiary/aromatic N) is 1. The number of hydrogen-bond donors (Lipinski definition) is 2. The van der Waals surface area contributed by atoms with Crippen LogP contribution in [0.15, 0.2) is 12.3 Å². The molecule has 0 spiro atoms. The van der Waals surface area contributed by atoms with Crippen molar-refractivity contribution in [1.29, 1.82) is 0 Å². The molecule has 1 fully saturated rings. The highest BCUT2D eigenvalue weighted by Crippen LogP contribution is 2.19. The SMILES string of the molecule is O=C1CCC(Nc2ncc(F)cc2CBr)C(=O)N1. The smallest absolute Gasteiger partial charge is 0.249 e. The zero-order chi connectivity index (χ0) is 13.1. The van der Waals surface area contributed by atoms with Gasteiger partial charge in [-0.1, -0.05) is 15.9 Å². The minimum atomic E-state index is -0.515. The van der Waals surface area contributed by atoms with Crippen molar-refractivity contribution in [1.82, 2.24) is 10.3 Å². The maximum Gasteiger partial charge on any atom is 0.249 e. The first-order valence-corrected chi connectivity index (χ1v) is 6.53. The Hall–Kier alpha value is -1.50. The monoisotopic (exact) mass is 315 g/mol. The summed E-state index contributed by atoms with van der Waals surface area (Å²) in [6, 6.07) is 0.828. The summed E-state index contributed by atoms with van der Waals surface area (Å²) in [6.45, 7) is 0. The highest BCUT2D eigenvalue weighted by atomic mass is 79.9. The summed E-state index contributed by atoms with van der Waals surface area (Å²) in [5.74, 6) is -0.634. The van der Waals surface area contributed by atoms with Crippen LogP contribution >= 0.6 is 15.9 Å². The van der Waals surface area contributed by atoms with Gasteiger partial charge in [0.2, 0.25) is 11.8 Å². The lowest BCUT2D eigenvalue weighted by molar-refractivity contribution is -0.133. The Morgan fingerprint density at radius 3 is 3.00 bits per heavy atom. The molecular formula is C11H11BrFN3O2. The summed E-state index contributed by atoms with van der Waals surface area (Å²) in [6.07, 6.45) is 1.78. The van der Waals surface area contributed by atoms with Crippen LogP contribution in [0.4, 0.5) is 10.2 Å². The van der Waals surface area contributed by atoms with Gasteiger partial charge in [0.05, 0.1) is 6.20 Å². The molecule has 0 aliphatic carbocycles. The van der Waals surface area contributed by atoms with Gasteiger partial charge < -0.3 is 5.32 Å². The van der Waals surface area contributed by atoms with Crippen LogP contribution < -0.4 is 10.6 Å². The Morgan fingerprint density at radius 1 is 1.56 bits per heavy atom. The second kappa shape index (κ2) is 5.43. The topological polar surface area (TPSA) is 71.1 Å². The molecule has 7 heteroatoms. The van der Waals surface area contributed by atoms with Crippen LogP contribution in [0, 0.1) is 5.82 Å². The van der Waals surface area contributed by atoms with E-state index in [1.807, 2.05) is 0 Å². The van der Waals surface area contributed by atoms with Crippen molar-refractivity contribution in [3.8, 4) is 0 Å². The van der Waals surface area contributed by atoms with E-state index in [4.69, 9.17) is 0 Å². The third kappa shape index (κ3) is 2.84. The van der Waals surface area contributed by atoms with Crippen molar-refractivity contribution in [2.24, 2.45) is 0 Å². The molecule has 1 aliphatic rings. The molecule has 18 heavy (non-hydrogen) atoms. The van der Waals surface area contributed by atoms with Crippen LogP contribution in [0.1, 0.15) is 18.4 Å². The van der Waals surface area contributed by atoms with Gasteiger partial charge in [0.15, 0.2) is 0 Å². The fraction of sp³-hybridized carbons (Fsp3) is 0.364. The van der Waals surface area contributed by atoms with Gasteiger partial charge >= 0.3 is 0 Å². The van der Waals surface area contributed by atoms with E-state index in [9.17, 15) is 14.0 Å². The van der Waals surface area contributed by atoms with Crippen LogP contribution in [-0.2, 0) is 14.9 Å². The maximum absolute atomic E-state index is 13.0. The molecule has 2 rings (SSSR count). The number of carbonyl (C=O) groups excluding carboxylic acids is 2. The summed E-state index contributed by atoms with van der Waals surface area (Å²) in [5, 5.41) is 5.59. The number of pyridine rings is 1. The molecule has 1 saturated heterocycles. The van der Waals surface area contributed by atoms with Crippen molar-refractivity contribution < 1.29 is 14.0 Å². The largest absolute Gasteiger partial charge is 0.358 e. The van der Waals surface area contributed by atoms with E-state index in [2.05, 4.69) is 31.5 Å². The Labute approximate surface area is 111 Å². The molecule has 1 unspecified atom stereocenters. The van der Waals surface area contributed by atoms with E-state index in [1.165, 1.54) is 6.07 Å². The van der Waals surface area contributed by atoms with Crippen molar-refractivity contribution in [2.75, 3.05) is 5.32 Å². The molecule has 0 bridgehead atoms. The van der Waals surface area contributed by atoms with E-state index in [1.54, 1.807) is 0 Å². The number of rotatable bonds is 3. The summed E-state index contributed by atoms with van der Waals surface area (Å²) in [4.78, 5) is 26.5. The van der Waals surface area contributed by atoms with Crippen molar-refractivity contribution in [3.63, 3.8) is 0 Å². The highest BCUT2D eigenvalue weighted by Gasteiger charge is 2.27. The van der Waals surface area contributed by atoms with E-state index >= 15 is 0 Å². The van der Waals surface area contributed by atoms with E-state index in [-0.39, 0.29) is 18.2 Å². The molecule has 0 saturated carbocycles. The molecule has 1 atom stereocenters. The van der Waals surface area contributed by atoms with Gasteiger partial charge in [-0.2, -0.15) is 0 Å². The average molecular weight is 316 g/mol. The molecule has 1 aliphatic heterocycles. The van der Waals surface area contributed by atoms with Crippen molar-refractivity contribution in [2.45, 2.75) is 24.2 Å². The third-order valence-electron chi connectivity index (χ3n) is 2.63. The van der Waals surface area contributed by atoms with Gasteiger partial charge in [-0.3, -0.25) is 14.9 Å². The second-order valence-corrected chi connectivity index (χ2v) is 4.50. The zero-order valence-corrected chi connectivity index (χ0v) is 11.0. The van der Waals surface area contributed by atoms with Gasteiger partial charge in [0, 0.05) is 17.3 Å². The lowest BCUT2D eigenvalue weighted by Crippen LogP contribution is -2.47. The summed E-state index contributed by atoms with van der Waals surface area (Å²) >= 11 is 3.23. The summed E-state index contributed by atoms with van der Waals surface area (Å²) in [5.41, 5.74) is 0.625. The zero-order valence-electron chi connectivity index (χ0n) is 9.37. The first-order chi connectivity index (χ1) is 8.60. The Kier molecular flexibility index (Phi) is 3.90. The molecule has 0 aromatic carbocycles. The molecule has 2 heterocycles.